The first-order valence-electron chi connectivity index (χ1n) is 8.73. The number of benzene rings is 1. The van der Waals surface area contributed by atoms with Crippen molar-refractivity contribution in [2.75, 3.05) is 0 Å². The minimum atomic E-state index is -1.75. The third-order valence-electron chi connectivity index (χ3n) is 6.20. The number of allylic oxidation sites excluding steroid dienone is 4. The van der Waals surface area contributed by atoms with Gasteiger partial charge in [-0.3, -0.25) is 0 Å². The molecule has 26 heavy (non-hydrogen) atoms. The Morgan fingerprint density at radius 2 is 1.77 bits per heavy atom. The molecule has 1 radical (unpaired) electrons. The molecule has 2 aliphatic rings. The van der Waals surface area contributed by atoms with E-state index in [-0.39, 0.29) is 51.0 Å². The molecule has 137 valence electrons. The van der Waals surface area contributed by atoms with Gasteiger partial charge in [0.2, 0.25) is 0 Å². The van der Waals surface area contributed by atoms with Crippen molar-refractivity contribution >= 4 is 45.2 Å². The van der Waals surface area contributed by atoms with Crippen LogP contribution in [-0.4, -0.2) is 7.38 Å². The van der Waals surface area contributed by atoms with Gasteiger partial charge < -0.3 is 24.8 Å². The van der Waals surface area contributed by atoms with Gasteiger partial charge in [0.15, 0.2) is 0 Å². The monoisotopic (exact) mass is 499 g/mol. The van der Waals surface area contributed by atoms with E-state index in [9.17, 15) is 0 Å². The van der Waals surface area contributed by atoms with Crippen LogP contribution in [0.25, 0.3) is 16.3 Å². The van der Waals surface area contributed by atoms with Gasteiger partial charge in [-0.15, -0.1) is 39.3 Å². The molecule has 0 fully saturated rings. The summed E-state index contributed by atoms with van der Waals surface area (Å²) >= 11 is 7.06. The quantitative estimate of drug-likeness (QED) is 0.298. The molecule has 0 spiro atoms. The fourth-order valence-electron chi connectivity index (χ4n) is 4.59. The van der Waals surface area contributed by atoms with Gasteiger partial charge in [0.1, 0.15) is 7.38 Å². The molecule has 0 aromatic heterocycles. The maximum atomic E-state index is 7.06. The summed E-state index contributed by atoms with van der Waals surface area (Å²) in [6.07, 6.45) is 1.19. The largest absolute Gasteiger partial charge is 3.00 e. The van der Waals surface area contributed by atoms with Crippen molar-refractivity contribution < 1.29 is 51.0 Å². The van der Waals surface area contributed by atoms with E-state index in [0.29, 0.717) is 5.92 Å². The maximum absolute atomic E-state index is 7.06. The Labute approximate surface area is 194 Å². The van der Waals surface area contributed by atoms with Crippen LogP contribution < -0.4 is 35.2 Å². The molecule has 5 heteroatoms. The Kier molecular flexibility index (Phi) is 7.80. The van der Waals surface area contributed by atoms with Gasteiger partial charge >= 0.3 is 26.2 Å². The van der Waals surface area contributed by atoms with Crippen LogP contribution in [0.1, 0.15) is 46.6 Å². The third-order valence-corrected chi connectivity index (χ3v) is 11.4. The van der Waals surface area contributed by atoms with Crippen LogP contribution in [0, 0.1) is 5.92 Å². The van der Waals surface area contributed by atoms with Crippen LogP contribution in [0.2, 0.25) is 6.04 Å². The van der Waals surface area contributed by atoms with E-state index in [1.807, 2.05) is 0 Å². The molecule has 0 nitrogen and oxygen atoms in total. The predicted molar refractivity (Wildman–Crippen MR) is 106 cm³/mol. The number of rotatable bonds is 3. The second-order valence-electron chi connectivity index (χ2n) is 7.32. The van der Waals surface area contributed by atoms with E-state index >= 15 is 0 Å². The van der Waals surface area contributed by atoms with Crippen molar-refractivity contribution in [2.24, 2.45) is 5.92 Å². The standard InChI is InChI=1S/C21H24ClSi.2ClH.Zr/c1-6-10-23(22)18-11-16-8-7-9-17(20(16)21(18)23)19-14(4)12(2)13(3)15(19)5;;;/h7-9,11,14H,6,10H2,1-5H3;2*1H;/q-1;;;+3/p-2. The third kappa shape index (κ3) is 3.18. The molecule has 2 unspecified atom stereocenters. The van der Waals surface area contributed by atoms with Crippen molar-refractivity contribution in [3.8, 4) is 0 Å². The number of hydrogen-bond acceptors (Lipinski definition) is 0. The average molecular weight is 502 g/mol. The zero-order valence-corrected chi connectivity index (χ0v) is 21.7. The molecule has 2 aromatic rings. The number of halogens is 3. The normalized spacial score (nSPS) is 23.4. The maximum Gasteiger partial charge on any atom is 3.00 e. The number of fused-ring (bicyclic) bond motifs is 3. The average Bonchev–Trinajstić information content (AvgIpc) is 2.83. The van der Waals surface area contributed by atoms with Gasteiger partial charge in [-0.2, -0.15) is 11.1 Å². The summed E-state index contributed by atoms with van der Waals surface area (Å²) in [5.41, 5.74) is 7.42. The molecule has 0 N–H and O–H groups in total. The van der Waals surface area contributed by atoms with Crippen molar-refractivity contribution in [1.82, 2.24) is 0 Å². The van der Waals surface area contributed by atoms with Gasteiger partial charge in [0.25, 0.3) is 0 Å². The fraction of sp³-hybridized carbons (Fsp3) is 0.381. The molecule has 2 atom stereocenters. The minimum Gasteiger partial charge on any atom is -1.00 e. The van der Waals surface area contributed by atoms with Crippen molar-refractivity contribution in [2.45, 2.75) is 47.1 Å². The Morgan fingerprint density at radius 1 is 1.12 bits per heavy atom. The summed E-state index contributed by atoms with van der Waals surface area (Å²) in [5, 5.41) is 5.92. The summed E-state index contributed by atoms with van der Waals surface area (Å²) in [7, 11) is -1.75. The van der Waals surface area contributed by atoms with Crippen molar-refractivity contribution in [1.29, 1.82) is 0 Å². The molecule has 1 heterocycles. The van der Waals surface area contributed by atoms with Crippen LogP contribution in [0.3, 0.4) is 0 Å². The summed E-state index contributed by atoms with van der Waals surface area (Å²) in [6, 6.07) is 10.4. The first-order chi connectivity index (χ1) is 10.9. The van der Waals surface area contributed by atoms with E-state index in [4.69, 9.17) is 11.1 Å². The molecule has 4 rings (SSSR count). The predicted octanol–water partition coefficient (Wildman–Crippen LogP) is -0.654. The van der Waals surface area contributed by atoms with Crippen LogP contribution >= 0.6 is 11.1 Å². The Balaban J connectivity index is 0.00000113. The Hall–Kier alpha value is 0.280. The molecular formula is C21H24Cl3SiZr. The van der Waals surface area contributed by atoms with Gasteiger partial charge in [0, 0.05) is 5.92 Å². The first kappa shape index (κ1) is 24.3. The molecule has 0 saturated carbocycles. The van der Waals surface area contributed by atoms with Gasteiger partial charge in [-0.05, 0) is 43.5 Å². The fourth-order valence-corrected chi connectivity index (χ4v) is 9.84. The molecule has 0 saturated heterocycles. The van der Waals surface area contributed by atoms with Crippen molar-refractivity contribution in [3.05, 3.63) is 46.5 Å². The van der Waals surface area contributed by atoms with E-state index in [2.05, 4.69) is 58.9 Å². The SMILES string of the molecule is CCC[Si]1(Cl)c2[cH-]c3cccc(C4=C(C)C(C)=C(C)C4C)c3c21.[Cl-].[Cl-].[Zr+3]. The minimum absolute atomic E-state index is 0. The summed E-state index contributed by atoms with van der Waals surface area (Å²) in [6.45, 7) is 11.4. The van der Waals surface area contributed by atoms with Crippen LogP contribution in [-0.2, 0) is 26.2 Å². The summed E-state index contributed by atoms with van der Waals surface area (Å²) in [4.78, 5) is 0. The van der Waals surface area contributed by atoms with Crippen LogP contribution in [0.5, 0.6) is 0 Å². The van der Waals surface area contributed by atoms with Crippen LogP contribution in [0.15, 0.2) is 41.0 Å². The summed E-state index contributed by atoms with van der Waals surface area (Å²) < 4.78 is 0. The van der Waals surface area contributed by atoms with E-state index < -0.39 is 7.38 Å². The smallest absolute Gasteiger partial charge is 1.00 e. The molecule has 0 bridgehead atoms. The van der Waals surface area contributed by atoms with E-state index in [0.717, 1.165) is 0 Å². The van der Waals surface area contributed by atoms with Gasteiger partial charge in [-0.1, -0.05) is 37.5 Å². The Bertz CT molecular complexity index is 909. The zero-order chi connectivity index (χ0) is 16.5. The van der Waals surface area contributed by atoms with Crippen molar-refractivity contribution in [3.63, 3.8) is 0 Å². The molecule has 2 aromatic carbocycles. The Morgan fingerprint density at radius 3 is 2.31 bits per heavy atom. The first-order valence-corrected chi connectivity index (χ1v) is 11.9. The van der Waals surface area contributed by atoms with E-state index in [1.165, 1.54) is 56.3 Å². The topological polar surface area (TPSA) is 0 Å². The number of hydrogen-bond donors (Lipinski definition) is 0. The van der Waals surface area contributed by atoms with Gasteiger partial charge in [-0.25, -0.2) is 0 Å². The second-order valence-corrected chi connectivity index (χ2v) is 12.4. The molecule has 0 amide bonds. The van der Waals surface area contributed by atoms with Gasteiger partial charge in [0.05, 0.1) is 0 Å². The second kappa shape index (κ2) is 8.34. The molecular weight excluding hydrogens is 478 g/mol. The molecule has 1 aliphatic heterocycles. The summed E-state index contributed by atoms with van der Waals surface area (Å²) in [5.74, 6) is 0.516. The van der Waals surface area contributed by atoms with E-state index in [1.54, 1.807) is 5.19 Å². The molecule has 1 aliphatic carbocycles. The zero-order valence-electron chi connectivity index (χ0n) is 15.9. The van der Waals surface area contributed by atoms with Crippen LogP contribution in [0.4, 0.5) is 0 Å².